The summed E-state index contributed by atoms with van der Waals surface area (Å²) < 4.78 is 0. The summed E-state index contributed by atoms with van der Waals surface area (Å²) in [6.07, 6.45) is 2.28. The summed E-state index contributed by atoms with van der Waals surface area (Å²) in [5.41, 5.74) is 2.97. The van der Waals surface area contributed by atoms with Gasteiger partial charge in [-0.25, -0.2) is 0 Å². The highest BCUT2D eigenvalue weighted by Gasteiger charge is 2.24. The van der Waals surface area contributed by atoms with Gasteiger partial charge in [-0.2, -0.15) is 0 Å². The van der Waals surface area contributed by atoms with Crippen LogP contribution < -0.4 is 10.6 Å². The van der Waals surface area contributed by atoms with Gasteiger partial charge >= 0.3 is 0 Å². The van der Waals surface area contributed by atoms with Crippen molar-refractivity contribution >= 4 is 5.96 Å². The second-order valence-electron chi connectivity index (χ2n) is 5.27. The summed E-state index contributed by atoms with van der Waals surface area (Å²) in [5.74, 6) is 1.55. The third kappa shape index (κ3) is 3.49. The summed E-state index contributed by atoms with van der Waals surface area (Å²) in [4.78, 5) is 4.72. The molecule has 3 nitrogen and oxygen atoms in total. The van der Waals surface area contributed by atoms with Crippen molar-refractivity contribution in [3.63, 3.8) is 0 Å². The highest BCUT2D eigenvalue weighted by molar-refractivity contribution is 5.80. The molecule has 1 aromatic rings. The molecule has 0 spiro atoms. The van der Waals surface area contributed by atoms with Crippen LogP contribution in [0.5, 0.6) is 0 Å². The Labute approximate surface area is 116 Å². The fourth-order valence-corrected chi connectivity index (χ4v) is 2.38. The van der Waals surface area contributed by atoms with Crippen molar-refractivity contribution in [3.8, 4) is 0 Å². The van der Waals surface area contributed by atoms with E-state index in [1.165, 1.54) is 17.5 Å². The average Bonchev–Trinajstić information content (AvgIpc) is 2.39. The molecule has 0 amide bonds. The predicted octanol–water partition coefficient (Wildman–Crippen LogP) is 2.68. The fraction of sp³-hybridized carbons (Fsp3) is 0.562. The molecule has 19 heavy (non-hydrogen) atoms. The van der Waals surface area contributed by atoms with Crippen LogP contribution in [-0.4, -0.2) is 25.1 Å². The molecule has 1 aromatic carbocycles. The first-order valence-electron chi connectivity index (χ1n) is 7.37. The lowest BCUT2D eigenvalue weighted by atomic mass is 9.78. The lowest BCUT2D eigenvalue weighted by molar-refractivity contribution is 0.598. The maximum Gasteiger partial charge on any atom is 0.191 e. The maximum atomic E-state index is 4.72. The van der Waals surface area contributed by atoms with E-state index in [9.17, 15) is 0 Å². The molecule has 0 saturated carbocycles. The Morgan fingerprint density at radius 3 is 2.84 bits per heavy atom. The molecule has 0 heterocycles. The molecule has 0 bridgehead atoms. The molecule has 0 fully saturated rings. The SMILES string of the molecule is CCNC(=NCC1Cc2ccccc21)NC(C)CC. The van der Waals surface area contributed by atoms with E-state index in [1.54, 1.807) is 0 Å². The first kappa shape index (κ1) is 13.9. The van der Waals surface area contributed by atoms with Crippen LogP contribution in [0, 0.1) is 0 Å². The van der Waals surface area contributed by atoms with E-state index < -0.39 is 0 Å². The molecule has 2 atom stereocenters. The second kappa shape index (κ2) is 6.60. The Morgan fingerprint density at radius 2 is 2.16 bits per heavy atom. The van der Waals surface area contributed by atoms with Gasteiger partial charge in [0.2, 0.25) is 0 Å². The number of benzene rings is 1. The van der Waals surface area contributed by atoms with Gasteiger partial charge in [-0.3, -0.25) is 4.99 Å². The topological polar surface area (TPSA) is 36.4 Å². The molecule has 0 saturated heterocycles. The molecule has 1 aliphatic rings. The quantitative estimate of drug-likeness (QED) is 0.630. The number of rotatable bonds is 5. The van der Waals surface area contributed by atoms with Crippen molar-refractivity contribution in [1.29, 1.82) is 0 Å². The van der Waals surface area contributed by atoms with Crippen LogP contribution in [-0.2, 0) is 6.42 Å². The molecule has 1 aliphatic carbocycles. The minimum Gasteiger partial charge on any atom is -0.357 e. The number of fused-ring (bicyclic) bond motifs is 1. The molecular formula is C16H25N3. The maximum absolute atomic E-state index is 4.72. The first-order valence-corrected chi connectivity index (χ1v) is 7.37. The number of nitrogens with zero attached hydrogens (tertiary/aromatic N) is 1. The summed E-state index contributed by atoms with van der Waals surface area (Å²) in [6, 6.07) is 9.16. The van der Waals surface area contributed by atoms with Gasteiger partial charge in [0.1, 0.15) is 0 Å². The standard InChI is InChI=1S/C16H25N3/c1-4-12(3)19-16(17-5-2)18-11-14-10-13-8-6-7-9-15(13)14/h6-9,12,14H,4-5,10-11H2,1-3H3,(H2,17,18,19). The summed E-state index contributed by atoms with van der Waals surface area (Å²) in [5, 5.41) is 6.75. The van der Waals surface area contributed by atoms with Gasteiger partial charge in [-0.05, 0) is 37.8 Å². The van der Waals surface area contributed by atoms with E-state index in [2.05, 4.69) is 55.7 Å². The van der Waals surface area contributed by atoms with Gasteiger partial charge in [0, 0.05) is 25.0 Å². The smallest absolute Gasteiger partial charge is 0.191 e. The van der Waals surface area contributed by atoms with Gasteiger partial charge in [0.05, 0.1) is 0 Å². The van der Waals surface area contributed by atoms with Crippen molar-refractivity contribution in [1.82, 2.24) is 10.6 Å². The summed E-state index contributed by atoms with van der Waals surface area (Å²) in [6.45, 7) is 8.26. The zero-order chi connectivity index (χ0) is 13.7. The average molecular weight is 259 g/mol. The lowest BCUT2D eigenvalue weighted by Gasteiger charge is -2.29. The molecule has 104 valence electrons. The predicted molar refractivity (Wildman–Crippen MR) is 81.8 cm³/mol. The number of hydrogen-bond acceptors (Lipinski definition) is 1. The van der Waals surface area contributed by atoms with Crippen LogP contribution in [0.4, 0.5) is 0 Å². The van der Waals surface area contributed by atoms with Crippen molar-refractivity contribution < 1.29 is 0 Å². The molecule has 2 unspecified atom stereocenters. The molecule has 0 radical (unpaired) electrons. The van der Waals surface area contributed by atoms with E-state index in [0.29, 0.717) is 12.0 Å². The van der Waals surface area contributed by atoms with Gasteiger partial charge in [0.15, 0.2) is 5.96 Å². The van der Waals surface area contributed by atoms with Crippen LogP contribution in [0.3, 0.4) is 0 Å². The van der Waals surface area contributed by atoms with Crippen molar-refractivity contribution in [3.05, 3.63) is 35.4 Å². The first-order chi connectivity index (χ1) is 9.24. The molecular weight excluding hydrogens is 234 g/mol. The van der Waals surface area contributed by atoms with Crippen LogP contribution in [0.2, 0.25) is 0 Å². The van der Waals surface area contributed by atoms with Crippen molar-refractivity contribution in [2.45, 2.75) is 45.6 Å². The van der Waals surface area contributed by atoms with Crippen molar-refractivity contribution in [2.75, 3.05) is 13.1 Å². The number of aliphatic imine (C=N–C) groups is 1. The Morgan fingerprint density at radius 1 is 1.37 bits per heavy atom. The third-order valence-electron chi connectivity index (χ3n) is 3.77. The highest BCUT2D eigenvalue weighted by Crippen LogP contribution is 2.34. The third-order valence-corrected chi connectivity index (χ3v) is 3.77. The van der Waals surface area contributed by atoms with E-state index in [4.69, 9.17) is 4.99 Å². The van der Waals surface area contributed by atoms with Crippen LogP contribution in [0.15, 0.2) is 29.3 Å². The Bertz CT molecular complexity index is 439. The Kier molecular flexibility index (Phi) is 4.83. The number of guanidine groups is 1. The minimum absolute atomic E-state index is 0.464. The zero-order valence-corrected chi connectivity index (χ0v) is 12.2. The highest BCUT2D eigenvalue weighted by atomic mass is 15.2. The van der Waals surface area contributed by atoms with Gasteiger partial charge in [-0.15, -0.1) is 0 Å². The van der Waals surface area contributed by atoms with Crippen LogP contribution in [0.1, 0.15) is 44.2 Å². The number of nitrogens with one attached hydrogen (secondary N) is 2. The molecule has 0 aliphatic heterocycles. The van der Waals surface area contributed by atoms with Gasteiger partial charge in [-0.1, -0.05) is 31.2 Å². The van der Waals surface area contributed by atoms with E-state index in [1.807, 2.05) is 0 Å². The summed E-state index contributed by atoms with van der Waals surface area (Å²) in [7, 11) is 0. The number of hydrogen-bond donors (Lipinski definition) is 2. The van der Waals surface area contributed by atoms with Gasteiger partial charge in [0.25, 0.3) is 0 Å². The lowest BCUT2D eigenvalue weighted by Crippen LogP contribution is -2.42. The molecule has 0 aromatic heterocycles. The van der Waals surface area contributed by atoms with Crippen LogP contribution in [0.25, 0.3) is 0 Å². The van der Waals surface area contributed by atoms with Crippen molar-refractivity contribution in [2.24, 2.45) is 4.99 Å². The Balaban J connectivity index is 1.92. The summed E-state index contributed by atoms with van der Waals surface area (Å²) >= 11 is 0. The van der Waals surface area contributed by atoms with E-state index in [-0.39, 0.29) is 0 Å². The minimum atomic E-state index is 0.464. The molecule has 2 N–H and O–H groups in total. The molecule has 3 heteroatoms. The second-order valence-corrected chi connectivity index (χ2v) is 5.27. The zero-order valence-electron chi connectivity index (χ0n) is 12.2. The Hall–Kier alpha value is -1.51. The largest absolute Gasteiger partial charge is 0.357 e. The van der Waals surface area contributed by atoms with E-state index in [0.717, 1.165) is 25.5 Å². The fourth-order valence-electron chi connectivity index (χ4n) is 2.38. The van der Waals surface area contributed by atoms with Gasteiger partial charge < -0.3 is 10.6 Å². The monoisotopic (exact) mass is 259 g/mol. The van der Waals surface area contributed by atoms with E-state index >= 15 is 0 Å². The van der Waals surface area contributed by atoms with Crippen LogP contribution >= 0.6 is 0 Å². The molecule has 2 rings (SSSR count). The normalized spacial score (nSPS) is 19.3.